The molecule has 1 saturated carbocycles. The summed E-state index contributed by atoms with van der Waals surface area (Å²) in [6, 6.07) is 3.64. The Hall–Kier alpha value is -1.09. The van der Waals surface area contributed by atoms with Gasteiger partial charge in [-0.15, -0.1) is 0 Å². The van der Waals surface area contributed by atoms with Gasteiger partial charge < -0.3 is 5.11 Å². The third-order valence-electron chi connectivity index (χ3n) is 4.00. The van der Waals surface area contributed by atoms with Crippen LogP contribution in [0.2, 0.25) is 0 Å². The first-order valence-corrected chi connectivity index (χ1v) is 6.17. The maximum Gasteiger partial charge on any atom is 0.133 e. The highest BCUT2D eigenvalue weighted by Gasteiger charge is 2.35. The van der Waals surface area contributed by atoms with Crippen LogP contribution in [-0.2, 0) is 6.54 Å². The summed E-state index contributed by atoms with van der Waals surface area (Å²) < 4.78 is 0. The number of hydrogen-bond acceptors (Lipinski definition) is 3. The zero-order valence-electron chi connectivity index (χ0n) is 9.47. The molecule has 0 aromatic carbocycles. The van der Waals surface area contributed by atoms with Gasteiger partial charge in [0.05, 0.1) is 11.9 Å². The van der Waals surface area contributed by atoms with E-state index in [2.05, 4.69) is 9.88 Å². The SMILES string of the molecule is Oc1ccc(CN2CC3CCCC3C2)nc1. The van der Waals surface area contributed by atoms with Crippen LogP contribution < -0.4 is 0 Å². The molecular formula is C13H18N2O. The molecule has 2 heterocycles. The smallest absolute Gasteiger partial charge is 0.133 e. The first kappa shape index (κ1) is 10.1. The number of aromatic hydroxyl groups is 1. The Morgan fingerprint density at radius 3 is 2.62 bits per heavy atom. The van der Waals surface area contributed by atoms with Gasteiger partial charge in [-0.05, 0) is 36.8 Å². The second kappa shape index (κ2) is 4.06. The average Bonchev–Trinajstić information content (AvgIpc) is 2.81. The van der Waals surface area contributed by atoms with E-state index >= 15 is 0 Å². The van der Waals surface area contributed by atoms with E-state index < -0.39 is 0 Å². The van der Waals surface area contributed by atoms with Gasteiger partial charge in [0.1, 0.15) is 5.75 Å². The molecule has 1 aliphatic carbocycles. The highest BCUT2D eigenvalue weighted by Crippen LogP contribution is 2.38. The molecule has 2 aliphatic rings. The standard InChI is InChI=1S/C13H18N2O/c16-13-5-4-12(14-6-13)9-15-7-10-2-1-3-11(10)8-15/h4-6,10-11,16H,1-3,7-9H2. The van der Waals surface area contributed by atoms with Crippen molar-refractivity contribution in [3.05, 3.63) is 24.0 Å². The first-order valence-electron chi connectivity index (χ1n) is 6.17. The molecule has 1 aromatic rings. The zero-order valence-corrected chi connectivity index (χ0v) is 9.47. The second-order valence-electron chi connectivity index (χ2n) is 5.15. The van der Waals surface area contributed by atoms with Gasteiger partial charge in [-0.1, -0.05) is 6.42 Å². The van der Waals surface area contributed by atoms with Gasteiger partial charge in [0, 0.05) is 19.6 Å². The van der Waals surface area contributed by atoms with E-state index in [1.165, 1.54) is 38.5 Å². The molecule has 2 fully saturated rings. The molecule has 0 radical (unpaired) electrons. The van der Waals surface area contributed by atoms with E-state index in [1.807, 2.05) is 6.07 Å². The lowest BCUT2D eigenvalue weighted by Crippen LogP contribution is -2.21. The minimum Gasteiger partial charge on any atom is -0.506 e. The summed E-state index contributed by atoms with van der Waals surface area (Å²) in [5.41, 5.74) is 1.07. The monoisotopic (exact) mass is 218 g/mol. The van der Waals surface area contributed by atoms with E-state index in [0.29, 0.717) is 0 Å². The predicted octanol–water partition coefficient (Wildman–Crippen LogP) is 2.02. The fraction of sp³-hybridized carbons (Fsp3) is 0.615. The molecule has 3 rings (SSSR count). The van der Waals surface area contributed by atoms with Crippen LogP contribution in [0.1, 0.15) is 25.0 Å². The molecular weight excluding hydrogens is 200 g/mol. The van der Waals surface area contributed by atoms with Crippen molar-refractivity contribution in [1.82, 2.24) is 9.88 Å². The summed E-state index contributed by atoms with van der Waals surface area (Å²) in [5.74, 6) is 2.14. The van der Waals surface area contributed by atoms with Crippen LogP contribution in [0.3, 0.4) is 0 Å². The van der Waals surface area contributed by atoms with Crippen LogP contribution in [0.4, 0.5) is 0 Å². The predicted molar refractivity (Wildman–Crippen MR) is 62.0 cm³/mol. The van der Waals surface area contributed by atoms with Gasteiger partial charge >= 0.3 is 0 Å². The lowest BCUT2D eigenvalue weighted by atomic mass is 10.0. The Labute approximate surface area is 96.1 Å². The topological polar surface area (TPSA) is 36.4 Å². The molecule has 86 valence electrons. The van der Waals surface area contributed by atoms with Crippen molar-refractivity contribution in [2.24, 2.45) is 11.8 Å². The third-order valence-corrected chi connectivity index (χ3v) is 4.00. The van der Waals surface area contributed by atoms with Gasteiger partial charge in [0.25, 0.3) is 0 Å². The quantitative estimate of drug-likeness (QED) is 0.825. The van der Waals surface area contributed by atoms with Crippen molar-refractivity contribution in [2.45, 2.75) is 25.8 Å². The van der Waals surface area contributed by atoms with Crippen LogP contribution in [0.5, 0.6) is 5.75 Å². The molecule has 3 heteroatoms. The fourth-order valence-electron chi connectivity index (χ4n) is 3.20. The maximum atomic E-state index is 9.17. The van der Waals surface area contributed by atoms with Crippen molar-refractivity contribution in [3.63, 3.8) is 0 Å². The van der Waals surface area contributed by atoms with Crippen LogP contribution >= 0.6 is 0 Å². The van der Waals surface area contributed by atoms with Gasteiger partial charge in [0.15, 0.2) is 0 Å². The van der Waals surface area contributed by atoms with E-state index in [4.69, 9.17) is 0 Å². The Morgan fingerprint density at radius 2 is 2.00 bits per heavy atom. The molecule has 0 amide bonds. The third kappa shape index (κ3) is 1.92. The van der Waals surface area contributed by atoms with Crippen molar-refractivity contribution in [3.8, 4) is 5.75 Å². The molecule has 1 aliphatic heterocycles. The lowest BCUT2D eigenvalue weighted by Gasteiger charge is -2.15. The highest BCUT2D eigenvalue weighted by atomic mass is 16.3. The first-order chi connectivity index (χ1) is 7.81. The van der Waals surface area contributed by atoms with Crippen LogP contribution in [-0.4, -0.2) is 28.1 Å². The number of nitrogens with zero attached hydrogens (tertiary/aromatic N) is 2. The molecule has 1 saturated heterocycles. The number of aromatic nitrogens is 1. The maximum absolute atomic E-state index is 9.17. The average molecular weight is 218 g/mol. The zero-order chi connectivity index (χ0) is 11.0. The van der Waals surface area contributed by atoms with Crippen molar-refractivity contribution >= 4 is 0 Å². The Balaban J connectivity index is 1.62. The van der Waals surface area contributed by atoms with Gasteiger partial charge in [-0.25, -0.2) is 0 Å². The minimum absolute atomic E-state index is 0.252. The van der Waals surface area contributed by atoms with Crippen LogP contribution in [0, 0.1) is 11.8 Å². The van der Waals surface area contributed by atoms with Crippen molar-refractivity contribution in [2.75, 3.05) is 13.1 Å². The summed E-state index contributed by atoms with van der Waals surface area (Å²) >= 11 is 0. The number of pyridine rings is 1. The van der Waals surface area contributed by atoms with E-state index in [-0.39, 0.29) is 5.75 Å². The second-order valence-corrected chi connectivity index (χ2v) is 5.15. The van der Waals surface area contributed by atoms with Crippen molar-refractivity contribution < 1.29 is 5.11 Å². The van der Waals surface area contributed by atoms with Gasteiger partial charge in [0.2, 0.25) is 0 Å². The summed E-state index contributed by atoms with van der Waals surface area (Å²) in [6.07, 6.45) is 5.81. The Kier molecular flexibility index (Phi) is 2.56. The van der Waals surface area contributed by atoms with Crippen LogP contribution in [0.25, 0.3) is 0 Å². The number of fused-ring (bicyclic) bond motifs is 1. The molecule has 0 spiro atoms. The Bertz CT molecular complexity index is 351. The minimum atomic E-state index is 0.252. The molecule has 1 aromatic heterocycles. The van der Waals surface area contributed by atoms with E-state index in [0.717, 1.165) is 24.1 Å². The Morgan fingerprint density at radius 1 is 1.25 bits per heavy atom. The molecule has 16 heavy (non-hydrogen) atoms. The molecule has 0 bridgehead atoms. The summed E-state index contributed by atoms with van der Waals surface area (Å²) in [6.45, 7) is 3.42. The van der Waals surface area contributed by atoms with E-state index in [1.54, 1.807) is 6.07 Å². The molecule has 3 nitrogen and oxygen atoms in total. The fourth-order valence-corrected chi connectivity index (χ4v) is 3.20. The molecule has 2 atom stereocenters. The normalized spacial score (nSPS) is 29.5. The number of likely N-dealkylation sites (tertiary alicyclic amines) is 1. The van der Waals surface area contributed by atoms with Gasteiger partial charge in [-0.2, -0.15) is 0 Å². The van der Waals surface area contributed by atoms with Crippen LogP contribution in [0.15, 0.2) is 18.3 Å². The van der Waals surface area contributed by atoms with Gasteiger partial charge in [-0.3, -0.25) is 9.88 Å². The number of hydrogen-bond donors (Lipinski definition) is 1. The molecule has 1 N–H and O–H groups in total. The van der Waals surface area contributed by atoms with Crippen molar-refractivity contribution in [1.29, 1.82) is 0 Å². The van der Waals surface area contributed by atoms with E-state index in [9.17, 15) is 5.11 Å². The lowest BCUT2D eigenvalue weighted by molar-refractivity contribution is 0.299. The summed E-state index contributed by atoms with van der Waals surface area (Å²) in [5, 5.41) is 9.17. The largest absolute Gasteiger partial charge is 0.506 e. The highest BCUT2D eigenvalue weighted by molar-refractivity contribution is 5.18. The summed E-state index contributed by atoms with van der Waals surface area (Å²) in [4.78, 5) is 6.75. The molecule has 2 unspecified atom stereocenters. The number of rotatable bonds is 2. The summed E-state index contributed by atoms with van der Waals surface area (Å²) in [7, 11) is 0.